The van der Waals surface area contributed by atoms with E-state index >= 15 is 0 Å². The topological polar surface area (TPSA) is 95.5 Å². The van der Waals surface area contributed by atoms with Gasteiger partial charge in [0.25, 0.3) is 0 Å². The van der Waals surface area contributed by atoms with Gasteiger partial charge in [-0.2, -0.15) is 0 Å². The van der Waals surface area contributed by atoms with Gasteiger partial charge in [0.2, 0.25) is 11.8 Å². The van der Waals surface area contributed by atoms with E-state index in [1.807, 2.05) is 38.1 Å². The average molecular weight is 467 g/mol. The molecule has 6 nitrogen and oxygen atoms in total. The van der Waals surface area contributed by atoms with Crippen LogP contribution >= 0.6 is 23.2 Å². The third-order valence-corrected chi connectivity index (χ3v) is 4.61. The van der Waals surface area contributed by atoms with Crippen molar-refractivity contribution in [3.8, 4) is 0 Å². The van der Waals surface area contributed by atoms with Crippen molar-refractivity contribution in [2.45, 2.75) is 52.1 Å². The highest BCUT2D eigenvalue weighted by atomic mass is 35.5. The van der Waals surface area contributed by atoms with Crippen LogP contribution in [0.2, 0.25) is 10.0 Å². The van der Waals surface area contributed by atoms with Gasteiger partial charge in [0, 0.05) is 35.9 Å². The van der Waals surface area contributed by atoms with Gasteiger partial charge in [-0.25, -0.2) is 4.79 Å². The number of nitrogens with one attached hydrogen (secondary N) is 2. The van der Waals surface area contributed by atoms with Crippen molar-refractivity contribution in [2.24, 2.45) is 0 Å². The molecule has 0 saturated carbocycles. The summed E-state index contributed by atoms with van der Waals surface area (Å²) >= 11 is 11.5. The van der Waals surface area contributed by atoms with E-state index in [0.717, 1.165) is 22.6 Å². The lowest BCUT2D eigenvalue weighted by Gasteiger charge is -2.25. The minimum Gasteiger partial charge on any atom is -0.480 e. The van der Waals surface area contributed by atoms with E-state index in [9.17, 15) is 14.4 Å². The number of benzene rings is 2. The molecule has 8 heteroatoms. The Morgan fingerprint density at radius 3 is 1.71 bits per heavy atom. The molecule has 3 N–H and O–H groups in total. The van der Waals surface area contributed by atoms with Crippen LogP contribution in [-0.4, -0.2) is 34.5 Å². The van der Waals surface area contributed by atoms with Crippen molar-refractivity contribution >= 4 is 41.0 Å². The molecule has 1 atom stereocenters. The molecule has 0 fully saturated rings. The molecule has 0 saturated heterocycles. The first kappa shape index (κ1) is 26.5. The highest BCUT2D eigenvalue weighted by molar-refractivity contribution is 6.30. The third kappa shape index (κ3) is 11.4. The van der Waals surface area contributed by atoms with Gasteiger partial charge in [0.1, 0.15) is 6.04 Å². The third-order valence-electron chi connectivity index (χ3n) is 4.10. The Morgan fingerprint density at radius 1 is 0.871 bits per heavy atom. The fourth-order valence-electron chi connectivity index (χ4n) is 2.93. The first-order valence-electron chi connectivity index (χ1n) is 9.65. The van der Waals surface area contributed by atoms with E-state index in [1.54, 1.807) is 24.3 Å². The first-order valence-corrected chi connectivity index (χ1v) is 10.4. The van der Waals surface area contributed by atoms with Crippen LogP contribution < -0.4 is 10.6 Å². The SMILES string of the molecule is CC(=O)NC(C)(C)Cc1ccc(Cl)cc1.CC(=O)NC(Cc1ccc(Cl)cc1)C(=O)O. The number of carbonyl (C=O) groups excluding carboxylic acids is 2. The highest BCUT2D eigenvalue weighted by Gasteiger charge is 2.19. The van der Waals surface area contributed by atoms with E-state index < -0.39 is 12.0 Å². The maximum Gasteiger partial charge on any atom is 0.326 e. The van der Waals surface area contributed by atoms with Gasteiger partial charge in [-0.05, 0) is 55.7 Å². The number of carboxylic acid groups (broad SMARTS) is 1. The van der Waals surface area contributed by atoms with Crippen molar-refractivity contribution < 1.29 is 19.5 Å². The number of rotatable bonds is 7. The summed E-state index contributed by atoms with van der Waals surface area (Å²) in [7, 11) is 0. The minimum atomic E-state index is -1.05. The summed E-state index contributed by atoms with van der Waals surface area (Å²) < 4.78 is 0. The second-order valence-corrected chi connectivity index (χ2v) is 8.66. The van der Waals surface area contributed by atoms with Crippen LogP contribution in [0.1, 0.15) is 38.8 Å². The predicted molar refractivity (Wildman–Crippen MR) is 123 cm³/mol. The Kier molecular flexibility index (Phi) is 10.5. The Bertz CT molecular complexity index is 881. The van der Waals surface area contributed by atoms with Crippen molar-refractivity contribution in [3.05, 3.63) is 69.7 Å². The molecule has 2 aromatic carbocycles. The highest BCUT2D eigenvalue weighted by Crippen LogP contribution is 2.15. The monoisotopic (exact) mass is 466 g/mol. The van der Waals surface area contributed by atoms with Crippen molar-refractivity contribution in [1.29, 1.82) is 0 Å². The number of halogens is 2. The molecule has 31 heavy (non-hydrogen) atoms. The van der Waals surface area contributed by atoms with Crippen LogP contribution in [0.25, 0.3) is 0 Å². The summed E-state index contributed by atoms with van der Waals surface area (Å²) in [5.74, 6) is -1.42. The molecular formula is C23H28Cl2N2O4. The fraction of sp³-hybridized carbons (Fsp3) is 0.348. The van der Waals surface area contributed by atoms with Crippen molar-refractivity contribution in [1.82, 2.24) is 10.6 Å². The molecule has 0 aliphatic carbocycles. The van der Waals surface area contributed by atoms with Crippen molar-refractivity contribution in [3.63, 3.8) is 0 Å². The lowest BCUT2D eigenvalue weighted by Crippen LogP contribution is -2.43. The van der Waals surface area contributed by atoms with Gasteiger partial charge in [0.15, 0.2) is 0 Å². The van der Waals surface area contributed by atoms with Gasteiger partial charge < -0.3 is 15.7 Å². The van der Waals surface area contributed by atoms with E-state index in [1.165, 1.54) is 13.8 Å². The van der Waals surface area contributed by atoms with Crippen LogP contribution in [0.4, 0.5) is 0 Å². The molecule has 0 heterocycles. The molecule has 0 aromatic heterocycles. The average Bonchev–Trinajstić information content (AvgIpc) is 2.63. The molecule has 2 rings (SSSR count). The molecule has 2 aromatic rings. The van der Waals surface area contributed by atoms with E-state index in [0.29, 0.717) is 5.02 Å². The normalized spacial score (nSPS) is 11.5. The number of amides is 2. The molecule has 0 bridgehead atoms. The van der Waals surface area contributed by atoms with Crippen molar-refractivity contribution in [2.75, 3.05) is 0 Å². The van der Waals surface area contributed by atoms with Crippen LogP contribution in [-0.2, 0) is 27.2 Å². The molecule has 2 amide bonds. The molecule has 0 spiro atoms. The Hall–Kier alpha value is -2.57. The van der Waals surface area contributed by atoms with Gasteiger partial charge >= 0.3 is 5.97 Å². The van der Waals surface area contributed by atoms with Gasteiger partial charge in [-0.1, -0.05) is 47.5 Å². The number of carboxylic acids is 1. The summed E-state index contributed by atoms with van der Waals surface area (Å²) in [6.45, 7) is 6.83. The largest absolute Gasteiger partial charge is 0.480 e. The smallest absolute Gasteiger partial charge is 0.326 e. The van der Waals surface area contributed by atoms with Crippen LogP contribution in [0, 0.1) is 0 Å². The summed E-state index contributed by atoms with van der Waals surface area (Å²) in [4.78, 5) is 32.6. The van der Waals surface area contributed by atoms with E-state index in [-0.39, 0.29) is 23.8 Å². The minimum absolute atomic E-state index is 0.00559. The van der Waals surface area contributed by atoms with E-state index in [4.69, 9.17) is 28.3 Å². The molecule has 0 aliphatic heterocycles. The Morgan fingerprint density at radius 2 is 1.32 bits per heavy atom. The Balaban J connectivity index is 0.000000311. The Labute approximate surface area is 192 Å². The van der Waals surface area contributed by atoms with Gasteiger partial charge in [-0.15, -0.1) is 0 Å². The summed E-state index contributed by atoms with van der Waals surface area (Å²) in [5, 5.41) is 15.5. The summed E-state index contributed by atoms with van der Waals surface area (Å²) in [6, 6.07) is 13.6. The lowest BCUT2D eigenvalue weighted by atomic mass is 9.95. The van der Waals surface area contributed by atoms with Crippen LogP contribution in [0.5, 0.6) is 0 Å². The predicted octanol–water partition coefficient (Wildman–Crippen LogP) is 4.27. The number of carbonyl (C=O) groups is 3. The number of hydrogen-bond donors (Lipinski definition) is 3. The maximum atomic E-state index is 11.0. The second-order valence-electron chi connectivity index (χ2n) is 7.79. The first-order chi connectivity index (χ1) is 14.4. The molecule has 0 radical (unpaired) electrons. The van der Waals surface area contributed by atoms with Crippen LogP contribution in [0.15, 0.2) is 48.5 Å². The molecule has 168 valence electrons. The summed E-state index contributed by atoms with van der Waals surface area (Å²) in [6.07, 6.45) is 1.04. The van der Waals surface area contributed by atoms with Crippen LogP contribution in [0.3, 0.4) is 0 Å². The molecule has 1 unspecified atom stereocenters. The second kappa shape index (κ2) is 12.3. The molecule has 0 aliphatic rings. The van der Waals surface area contributed by atoms with Gasteiger partial charge in [0.05, 0.1) is 0 Å². The fourth-order valence-corrected chi connectivity index (χ4v) is 3.19. The molecular weight excluding hydrogens is 439 g/mol. The lowest BCUT2D eigenvalue weighted by molar-refractivity contribution is -0.141. The number of aliphatic carboxylic acids is 1. The van der Waals surface area contributed by atoms with E-state index in [2.05, 4.69) is 10.6 Å². The standard InChI is InChI=1S/C12H16ClNO.C11H12ClNO3/c1-9(15)14-12(2,3)8-10-4-6-11(13)7-5-10;1-7(14)13-10(11(15)16)6-8-2-4-9(12)5-3-8/h4-7H,8H2,1-3H3,(H,14,15);2-5,10H,6H2,1H3,(H,13,14)(H,15,16). The zero-order valence-electron chi connectivity index (χ0n) is 18.0. The quantitative estimate of drug-likeness (QED) is 0.567. The number of hydrogen-bond acceptors (Lipinski definition) is 3. The zero-order chi connectivity index (χ0) is 23.6. The maximum absolute atomic E-state index is 11.0. The zero-order valence-corrected chi connectivity index (χ0v) is 19.6. The van der Waals surface area contributed by atoms with Gasteiger partial charge in [-0.3, -0.25) is 9.59 Å². The summed E-state index contributed by atoms with van der Waals surface area (Å²) in [5.41, 5.74) is 1.75.